The molecule has 1 aromatic heterocycles. The molecule has 4 saturated carbocycles. The van der Waals surface area contributed by atoms with Crippen molar-refractivity contribution < 1.29 is 19.4 Å². The standard InChI is InChI=1S/C40H44Cl2N4O4/c1-24-34(21-46-23-44-36(41)37(46)42)49-38(50-35(24)30-8-6-25(22-47)7-9-30)31-12-10-29(11-13-31)33-5-3-2-4-32(33)20-43-39(48)45-40-17-26-14-27(18-40)16-28(15-26)19-40/h2-13,23-24,26-28,34-35,38,47H,14-22H2,1H3,(H2,43,45,48)/t24-,26?,27?,28?,34+,35+,38+,40?/m0/s1. The SMILES string of the molecule is C[C@H]1[C@@H](Cn2cnc(Cl)c2Cl)O[C@@H](c2ccc(-c3ccccc3CNC(=O)NC34CC5CC(CC(C5)C3)C4)cc2)O[C@H]1c1ccc(CO)cc1. The number of halogens is 2. The Balaban J connectivity index is 0.979. The molecule has 3 N–H and O–H groups in total. The number of imidazole rings is 1. The molecular weight excluding hydrogens is 671 g/mol. The number of ether oxygens (including phenoxy) is 2. The number of nitrogens with one attached hydrogen (secondary N) is 2. The minimum atomic E-state index is -0.629. The average molecular weight is 716 g/mol. The predicted molar refractivity (Wildman–Crippen MR) is 193 cm³/mol. The number of carbonyl (C=O) groups is 1. The van der Waals surface area contributed by atoms with E-state index >= 15 is 0 Å². The van der Waals surface area contributed by atoms with Crippen LogP contribution in [0.2, 0.25) is 10.3 Å². The van der Waals surface area contributed by atoms with Gasteiger partial charge >= 0.3 is 6.03 Å². The minimum Gasteiger partial charge on any atom is -0.392 e. The Bertz CT molecular complexity index is 1790. The van der Waals surface area contributed by atoms with Crippen molar-refractivity contribution >= 4 is 29.2 Å². The van der Waals surface area contributed by atoms with Crippen molar-refractivity contribution in [1.82, 2.24) is 20.2 Å². The van der Waals surface area contributed by atoms with E-state index in [0.717, 1.165) is 70.4 Å². The molecule has 9 rings (SSSR count). The van der Waals surface area contributed by atoms with E-state index in [-0.39, 0.29) is 41.5 Å². The Morgan fingerprint density at radius 2 is 1.58 bits per heavy atom. The lowest BCUT2D eigenvalue weighted by Crippen LogP contribution is -2.61. The molecule has 3 aromatic carbocycles. The second-order valence-electron chi connectivity index (χ2n) is 15.1. The summed E-state index contributed by atoms with van der Waals surface area (Å²) in [6.07, 6.45) is 7.92. The first-order valence-corrected chi connectivity index (χ1v) is 18.6. The second kappa shape index (κ2) is 14.0. The maximum Gasteiger partial charge on any atom is 0.315 e. The van der Waals surface area contributed by atoms with E-state index < -0.39 is 6.29 Å². The van der Waals surface area contributed by atoms with Crippen LogP contribution in [0, 0.1) is 23.7 Å². The number of aromatic nitrogens is 2. The van der Waals surface area contributed by atoms with Gasteiger partial charge in [-0.2, -0.15) is 0 Å². The van der Waals surface area contributed by atoms with Crippen LogP contribution in [0.1, 0.15) is 80.1 Å². The van der Waals surface area contributed by atoms with Crippen LogP contribution in [-0.2, 0) is 29.2 Å². The van der Waals surface area contributed by atoms with Crippen LogP contribution < -0.4 is 10.6 Å². The third kappa shape index (κ3) is 6.81. The van der Waals surface area contributed by atoms with E-state index in [1.807, 2.05) is 48.5 Å². The predicted octanol–water partition coefficient (Wildman–Crippen LogP) is 8.61. The summed E-state index contributed by atoms with van der Waals surface area (Å²) in [5, 5.41) is 16.8. The summed E-state index contributed by atoms with van der Waals surface area (Å²) in [7, 11) is 0. The van der Waals surface area contributed by atoms with Crippen LogP contribution in [0.25, 0.3) is 11.1 Å². The van der Waals surface area contributed by atoms with Crippen LogP contribution in [0.15, 0.2) is 79.1 Å². The largest absolute Gasteiger partial charge is 0.392 e. The molecule has 0 radical (unpaired) electrons. The molecule has 4 aromatic rings. The van der Waals surface area contributed by atoms with Gasteiger partial charge in [0.1, 0.15) is 5.15 Å². The van der Waals surface area contributed by atoms with E-state index in [4.69, 9.17) is 32.7 Å². The van der Waals surface area contributed by atoms with E-state index in [9.17, 15) is 9.90 Å². The van der Waals surface area contributed by atoms with Crippen LogP contribution in [-0.4, -0.2) is 32.3 Å². The zero-order valence-corrected chi connectivity index (χ0v) is 29.7. The number of nitrogens with zero attached hydrogens (tertiary/aromatic N) is 2. The van der Waals surface area contributed by atoms with E-state index in [1.54, 1.807) is 10.9 Å². The van der Waals surface area contributed by atoms with Gasteiger partial charge in [-0.3, -0.25) is 0 Å². The quantitative estimate of drug-likeness (QED) is 0.161. The highest BCUT2D eigenvalue weighted by atomic mass is 35.5. The van der Waals surface area contributed by atoms with Gasteiger partial charge in [0.15, 0.2) is 11.4 Å². The highest BCUT2D eigenvalue weighted by Gasteiger charge is 2.51. The summed E-state index contributed by atoms with van der Waals surface area (Å²) in [5.41, 5.74) is 5.90. The van der Waals surface area contributed by atoms with Crippen molar-refractivity contribution in [2.75, 3.05) is 0 Å². The van der Waals surface area contributed by atoms with Gasteiger partial charge in [0, 0.05) is 23.6 Å². The number of hydrogen-bond acceptors (Lipinski definition) is 5. The lowest BCUT2D eigenvalue weighted by atomic mass is 9.53. The topological polar surface area (TPSA) is 97.6 Å². The Hall–Kier alpha value is -3.40. The van der Waals surface area contributed by atoms with Crippen molar-refractivity contribution in [3.05, 3.63) is 112 Å². The minimum absolute atomic E-state index is 0.0177. The molecule has 50 heavy (non-hydrogen) atoms. The first-order chi connectivity index (χ1) is 24.3. The summed E-state index contributed by atoms with van der Waals surface area (Å²) in [4.78, 5) is 17.4. The van der Waals surface area contributed by atoms with Crippen LogP contribution >= 0.6 is 23.2 Å². The molecular formula is C40H44Cl2N4O4. The number of carbonyl (C=O) groups excluding carboxylic acids is 1. The smallest absolute Gasteiger partial charge is 0.315 e. The molecule has 2 amide bonds. The Morgan fingerprint density at radius 1 is 0.920 bits per heavy atom. The second-order valence-corrected chi connectivity index (χ2v) is 15.8. The van der Waals surface area contributed by atoms with Crippen molar-refractivity contribution in [2.45, 2.75) is 89.2 Å². The number of urea groups is 1. The number of aliphatic hydroxyl groups excluding tert-OH is 1. The number of hydrogen-bond donors (Lipinski definition) is 3. The van der Waals surface area contributed by atoms with E-state index in [0.29, 0.717) is 18.2 Å². The summed E-state index contributed by atoms with van der Waals surface area (Å²) in [6, 6.07) is 24.3. The van der Waals surface area contributed by atoms with Crippen molar-refractivity contribution in [1.29, 1.82) is 0 Å². The van der Waals surface area contributed by atoms with Gasteiger partial charge in [-0.05, 0) is 84.1 Å². The molecule has 5 fully saturated rings. The molecule has 10 heteroatoms. The Morgan fingerprint density at radius 3 is 2.22 bits per heavy atom. The fourth-order valence-corrected chi connectivity index (χ4v) is 9.81. The summed E-state index contributed by atoms with van der Waals surface area (Å²) < 4.78 is 15.1. The molecule has 0 unspecified atom stereocenters. The summed E-state index contributed by atoms with van der Waals surface area (Å²) in [5.74, 6) is 2.31. The van der Waals surface area contributed by atoms with Gasteiger partial charge in [-0.15, -0.1) is 0 Å². The fourth-order valence-electron chi connectivity index (χ4n) is 9.49. The van der Waals surface area contributed by atoms with Gasteiger partial charge in [0.2, 0.25) is 0 Å². The zero-order chi connectivity index (χ0) is 34.4. The molecule has 4 bridgehead atoms. The third-order valence-corrected chi connectivity index (χ3v) is 12.4. The van der Waals surface area contributed by atoms with Gasteiger partial charge in [0.25, 0.3) is 0 Å². The van der Waals surface area contributed by atoms with E-state index in [1.165, 1.54) is 19.3 Å². The Kier molecular flexibility index (Phi) is 9.42. The number of aliphatic hydroxyl groups is 1. The lowest BCUT2D eigenvalue weighted by Gasteiger charge is -2.56. The van der Waals surface area contributed by atoms with Crippen molar-refractivity contribution in [2.24, 2.45) is 23.7 Å². The average Bonchev–Trinajstić information content (AvgIpc) is 3.43. The highest BCUT2D eigenvalue weighted by Crippen LogP contribution is 2.55. The molecule has 4 atom stereocenters. The first kappa shape index (κ1) is 33.7. The van der Waals surface area contributed by atoms with Crippen LogP contribution in [0.5, 0.6) is 0 Å². The third-order valence-electron chi connectivity index (χ3n) is 11.6. The molecule has 8 nitrogen and oxygen atoms in total. The van der Waals surface area contributed by atoms with Gasteiger partial charge < -0.3 is 29.8 Å². The summed E-state index contributed by atoms with van der Waals surface area (Å²) in [6.45, 7) is 2.99. The number of amides is 2. The first-order valence-electron chi connectivity index (χ1n) is 17.9. The van der Waals surface area contributed by atoms with Crippen LogP contribution in [0.3, 0.4) is 0 Å². The Labute approximate surface area is 303 Å². The van der Waals surface area contributed by atoms with Crippen molar-refractivity contribution in [3.8, 4) is 11.1 Å². The zero-order valence-electron chi connectivity index (χ0n) is 28.2. The molecule has 1 aliphatic heterocycles. The molecule has 262 valence electrons. The lowest BCUT2D eigenvalue weighted by molar-refractivity contribution is -0.276. The maximum absolute atomic E-state index is 13.2. The highest BCUT2D eigenvalue weighted by molar-refractivity contribution is 6.40. The summed E-state index contributed by atoms with van der Waals surface area (Å²) >= 11 is 12.6. The monoisotopic (exact) mass is 714 g/mol. The fraction of sp³-hybridized carbons (Fsp3) is 0.450. The molecule has 4 aliphatic carbocycles. The maximum atomic E-state index is 13.2. The molecule has 5 aliphatic rings. The molecule has 0 spiro atoms. The molecule has 2 heterocycles. The molecule has 1 saturated heterocycles. The normalized spacial score (nSPS) is 30.0. The number of rotatable bonds is 9. The van der Waals surface area contributed by atoms with Crippen molar-refractivity contribution in [3.63, 3.8) is 0 Å². The van der Waals surface area contributed by atoms with Gasteiger partial charge in [-0.25, -0.2) is 9.78 Å². The van der Waals surface area contributed by atoms with Crippen LogP contribution in [0.4, 0.5) is 4.79 Å². The van der Waals surface area contributed by atoms with Gasteiger partial charge in [0.05, 0.1) is 31.7 Å². The van der Waals surface area contributed by atoms with E-state index in [2.05, 4.69) is 46.8 Å². The number of benzene rings is 3. The van der Waals surface area contributed by atoms with Gasteiger partial charge in [-0.1, -0.05) is 103 Å².